The lowest BCUT2D eigenvalue weighted by Gasteiger charge is -2.24. The predicted octanol–water partition coefficient (Wildman–Crippen LogP) is 3.47. The molecule has 0 bridgehead atoms. The van der Waals surface area contributed by atoms with E-state index in [2.05, 4.69) is 6.92 Å². The highest BCUT2D eigenvalue weighted by atomic mass is 19.3. The smallest absolute Gasteiger partial charge is 0.234 e. The molecule has 0 N–H and O–H groups in total. The summed E-state index contributed by atoms with van der Waals surface area (Å²) in [6.45, 7) is 2.65. The van der Waals surface area contributed by atoms with Crippen molar-refractivity contribution >= 4 is 0 Å². The van der Waals surface area contributed by atoms with Crippen LogP contribution in [0.2, 0.25) is 0 Å². The Morgan fingerprint density at radius 2 is 1.43 bits per heavy atom. The van der Waals surface area contributed by atoms with Gasteiger partial charge in [-0.25, -0.2) is 30.7 Å². The van der Waals surface area contributed by atoms with E-state index < -0.39 is 37.3 Å². The Balaban J connectivity index is 4.48. The maximum absolute atomic E-state index is 12.4. The summed E-state index contributed by atoms with van der Waals surface area (Å²) in [5.74, 6) is -8.68. The predicted molar refractivity (Wildman–Crippen MR) is 35.4 cm³/mol. The summed E-state index contributed by atoms with van der Waals surface area (Å²) in [6.07, 6.45) is -11.3. The molecule has 0 spiro atoms. The van der Waals surface area contributed by atoms with Gasteiger partial charge in [0.1, 0.15) is 0 Å². The fraction of sp³-hybridized carbons (Fsp3) is 0.857. The lowest BCUT2D eigenvalue weighted by atomic mass is 10.0. The first kappa shape index (κ1) is 13.5. The van der Waals surface area contributed by atoms with Crippen LogP contribution in [-0.4, -0.2) is 24.4 Å². The van der Waals surface area contributed by atoms with Crippen molar-refractivity contribution in [2.24, 2.45) is 0 Å². The van der Waals surface area contributed by atoms with Gasteiger partial charge in [-0.15, -0.1) is 0 Å². The van der Waals surface area contributed by atoms with Gasteiger partial charge in [0, 0.05) is 6.42 Å². The summed E-state index contributed by atoms with van der Waals surface area (Å²) >= 11 is 0. The highest BCUT2D eigenvalue weighted by Gasteiger charge is 2.51. The fourth-order valence-electron chi connectivity index (χ4n) is 0.715. The number of hydrogen-bond donors (Lipinski definition) is 0. The number of alkyl halides is 7. The van der Waals surface area contributed by atoms with E-state index in [9.17, 15) is 30.7 Å². The summed E-state index contributed by atoms with van der Waals surface area (Å²) in [7, 11) is 0. The zero-order valence-electron chi connectivity index (χ0n) is 6.92. The minimum Gasteiger partial charge on any atom is -0.234 e. The third kappa shape index (κ3) is 3.71. The first-order chi connectivity index (χ1) is 6.12. The van der Waals surface area contributed by atoms with Crippen LogP contribution in [0, 0.1) is 6.92 Å². The van der Waals surface area contributed by atoms with E-state index in [1.165, 1.54) is 0 Å². The molecule has 0 aromatic heterocycles. The Hall–Kier alpha value is -0.490. The van der Waals surface area contributed by atoms with E-state index in [0.29, 0.717) is 0 Å². The van der Waals surface area contributed by atoms with Gasteiger partial charge >= 0.3 is 0 Å². The van der Waals surface area contributed by atoms with Crippen LogP contribution in [0.15, 0.2) is 0 Å². The van der Waals surface area contributed by atoms with E-state index in [0.717, 1.165) is 0 Å². The summed E-state index contributed by atoms with van der Waals surface area (Å²) in [6, 6.07) is 0. The number of halogens is 7. The van der Waals surface area contributed by atoms with Gasteiger partial charge in [0.25, 0.3) is 18.3 Å². The van der Waals surface area contributed by atoms with E-state index in [-0.39, 0.29) is 0 Å². The Morgan fingerprint density at radius 3 is 1.71 bits per heavy atom. The maximum atomic E-state index is 12.4. The largest absolute Gasteiger partial charge is 0.290 e. The van der Waals surface area contributed by atoms with E-state index in [1.54, 1.807) is 0 Å². The van der Waals surface area contributed by atoms with Crippen molar-refractivity contribution in [1.29, 1.82) is 0 Å². The van der Waals surface area contributed by atoms with Crippen molar-refractivity contribution in [1.82, 2.24) is 0 Å². The molecule has 85 valence electrons. The van der Waals surface area contributed by atoms with E-state index >= 15 is 0 Å². The molecular weight excluding hydrogens is 217 g/mol. The Kier molecular flexibility index (Phi) is 4.20. The molecule has 0 unspecified atom stereocenters. The molecule has 0 amide bonds. The fourth-order valence-corrected chi connectivity index (χ4v) is 0.715. The molecule has 14 heavy (non-hydrogen) atoms. The van der Waals surface area contributed by atoms with E-state index in [1.807, 2.05) is 0 Å². The van der Waals surface area contributed by atoms with Gasteiger partial charge in [0.15, 0.2) is 0 Å². The topological polar surface area (TPSA) is 0 Å². The second kappa shape index (κ2) is 4.35. The highest BCUT2D eigenvalue weighted by Crippen LogP contribution is 2.37. The minimum absolute atomic E-state index is 1.20. The van der Waals surface area contributed by atoms with Gasteiger partial charge in [-0.3, -0.25) is 0 Å². The van der Waals surface area contributed by atoms with Gasteiger partial charge in [0.05, 0.1) is 6.42 Å². The monoisotopic (exact) mass is 225 g/mol. The summed E-state index contributed by atoms with van der Waals surface area (Å²) in [5, 5.41) is 0. The van der Waals surface area contributed by atoms with Crippen molar-refractivity contribution in [3.8, 4) is 0 Å². The standard InChI is InChI=1S/C7H8F7/c1-2-6(11,12)3-7(13,14)4(8)5(9)10/h4-5H,1-3H2/t4-/m0/s1. The SMILES string of the molecule is [CH2]CC(F)(F)CC(F)(F)[C@@H](F)C(F)F. The molecule has 1 atom stereocenters. The molecular formula is C7H8F7. The highest BCUT2D eigenvalue weighted by molar-refractivity contribution is 4.85. The first-order valence-corrected chi connectivity index (χ1v) is 3.59. The van der Waals surface area contributed by atoms with Crippen LogP contribution in [0.3, 0.4) is 0 Å². The summed E-state index contributed by atoms with van der Waals surface area (Å²) in [5.41, 5.74) is 0. The molecule has 0 rings (SSSR count). The molecule has 0 aromatic rings. The maximum Gasteiger partial charge on any atom is 0.290 e. The van der Waals surface area contributed by atoms with Gasteiger partial charge < -0.3 is 0 Å². The van der Waals surface area contributed by atoms with Gasteiger partial charge in [0.2, 0.25) is 6.17 Å². The zero-order chi connectivity index (χ0) is 11.6. The Labute approximate surface area is 76.1 Å². The molecule has 0 saturated carbocycles. The average Bonchev–Trinajstić information content (AvgIpc) is 2.01. The molecule has 0 aliphatic rings. The third-order valence-corrected chi connectivity index (χ3v) is 1.48. The van der Waals surface area contributed by atoms with Gasteiger partial charge in [-0.05, 0) is 6.92 Å². The molecule has 7 heteroatoms. The van der Waals surface area contributed by atoms with Crippen LogP contribution in [-0.2, 0) is 0 Å². The zero-order valence-corrected chi connectivity index (χ0v) is 6.92. The number of rotatable bonds is 5. The van der Waals surface area contributed by atoms with E-state index in [4.69, 9.17) is 0 Å². The molecule has 0 heterocycles. The quantitative estimate of drug-likeness (QED) is 0.628. The molecule has 1 radical (unpaired) electrons. The van der Waals surface area contributed by atoms with Crippen molar-refractivity contribution < 1.29 is 30.7 Å². The van der Waals surface area contributed by atoms with Crippen LogP contribution in [0.4, 0.5) is 30.7 Å². The molecule has 0 aromatic carbocycles. The third-order valence-electron chi connectivity index (χ3n) is 1.48. The Bertz CT molecular complexity index is 177. The lowest BCUT2D eigenvalue weighted by molar-refractivity contribution is -0.173. The van der Waals surface area contributed by atoms with Crippen LogP contribution in [0.5, 0.6) is 0 Å². The van der Waals surface area contributed by atoms with Crippen molar-refractivity contribution in [3.05, 3.63) is 6.92 Å². The summed E-state index contributed by atoms with van der Waals surface area (Å²) in [4.78, 5) is 0. The Morgan fingerprint density at radius 1 is 1.00 bits per heavy atom. The van der Waals surface area contributed by atoms with Gasteiger partial charge in [-0.2, -0.15) is 0 Å². The van der Waals surface area contributed by atoms with Gasteiger partial charge in [-0.1, -0.05) is 0 Å². The normalized spacial score (nSPS) is 16.1. The average molecular weight is 225 g/mol. The molecule has 0 aliphatic heterocycles. The lowest BCUT2D eigenvalue weighted by Crippen LogP contribution is -2.40. The van der Waals surface area contributed by atoms with Crippen molar-refractivity contribution in [2.45, 2.75) is 37.3 Å². The van der Waals surface area contributed by atoms with Crippen LogP contribution >= 0.6 is 0 Å². The van der Waals surface area contributed by atoms with Crippen LogP contribution < -0.4 is 0 Å². The second-order valence-electron chi connectivity index (χ2n) is 2.78. The molecule has 0 nitrogen and oxygen atoms in total. The molecule has 0 fully saturated rings. The second-order valence-corrected chi connectivity index (χ2v) is 2.78. The molecule has 0 aliphatic carbocycles. The minimum atomic E-state index is -4.74. The first-order valence-electron chi connectivity index (χ1n) is 3.59. The van der Waals surface area contributed by atoms with Crippen LogP contribution in [0.1, 0.15) is 12.8 Å². The molecule has 0 saturated heterocycles. The summed E-state index contributed by atoms with van der Waals surface area (Å²) < 4.78 is 84.5. The van der Waals surface area contributed by atoms with Crippen molar-refractivity contribution in [3.63, 3.8) is 0 Å². The number of hydrogen-bond acceptors (Lipinski definition) is 0. The van der Waals surface area contributed by atoms with Crippen molar-refractivity contribution in [2.75, 3.05) is 0 Å². The van der Waals surface area contributed by atoms with Crippen LogP contribution in [0.25, 0.3) is 0 Å².